The van der Waals surface area contributed by atoms with E-state index >= 15 is 0 Å². The van der Waals surface area contributed by atoms with Crippen LogP contribution in [0.3, 0.4) is 0 Å². The first-order chi connectivity index (χ1) is 9.48. The molecule has 0 aliphatic carbocycles. The molecule has 106 valence electrons. The number of hydrogen-bond acceptors (Lipinski definition) is 1. The van der Waals surface area contributed by atoms with Crippen molar-refractivity contribution in [2.24, 2.45) is 0 Å². The minimum Gasteiger partial charge on any atom is -0.385 e. The van der Waals surface area contributed by atoms with Crippen molar-refractivity contribution in [3.8, 4) is 0 Å². The van der Waals surface area contributed by atoms with Gasteiger partial charge < -0.3 is 5.11 Å². The first-order valence-electron chi connectivity index (χ1n) is 6.38. The molecule has 0 aromatic heterocycles. The van der Waals surface area contributed by atoms with Gasteiger partial charge in [-0.3, -0.25) is 0 Å². The summed E-state index contributed by atoms with van der Waals surface area (Å²) < 4.78 is 28.1. The van der Waals surface area contributed by atoms with Crippen LogP contribution in [0, 0.1) is 11.6 Å². The Balaban J connectivity index is 2.44. The van der Waals surface area contributed by atoms with Gasteiger partial charge in [-0.15, -0.1) is 0 Å². The second-order valence-corrected chi connectivity index (χ2v) is 5.60. The maximum atomic E-state index is 14.0. The zero-order valence-corrected chi connectivity index (χ0v) is 12.6. The predicted octanol–water partition coefficient (Wildman–Crippen LogP) is 4.57. The zero-order chi connectivity index (χ0) is 14.8. The van der Waals surface area contributed by atoms with Crippen LogP contribution in [0.1, 0.15) is 24.5 Å². The molecule has 0 amide bonds. The normalized spacial score (nSPS) is 14.1. The third-order valence-corrected chi connectivity index (χ3v) is 4.12. The van der Waals surface area contributed by atoms with Crippen LogP contribution in [0.5, 0.6) is 0 Å². The summed E-state index contributed by atoms with van der Waals surface area (Å²) in [6.45, 7) is 1.79. The molecule has 1 N–H and O–H groups in total. The second-order valence-electron chi connectivity index (χ2n) is 4.75. The average molecular weight is 341 g/mol. The minimum absolute atomic E-state index is 0.104. The van der Waals surface area contributed by atoms with Gasteiger partial charge in [-0.1, -0.05) is 37.3 Å². The molecule has 0 aliphatic heterocycles. The van der Waals surface area contributed by atoms with Crippen molar-refractivity contribution in [3.63, 3.8) is 0 Å². The van der Waals surface area contributed by atoms with Crippen LogP contribution in [0.25, 0.3) is 0 Å². The Kier molecular flexibility index (Phi) is 4.55. The van der Waals surface area contributed by atoms with Gasteiger partial charge in [0.05, 0.1) is 10.1 Å². The Labute approximate surface area is 125 Å². The fourth-order valence-electron chi connectivity index (χ4n) is 2.20. The predicted molar refractivity (Wildman–Crippen MR) is 78.4 cm³/mol. The highest BCUT2D eigenvalue weighted by Gasteiger charge is 2.30. The molecule has 1 nitrogen and oxygen atoms in total. The summed E-state index contributed by atoms with van der Waals surface area (Å²) in [6, 6.07) is 11.5. The Bertz CT molecular complexity index is 601. The van der Waals surface area contributed by atoms with Crippen molar-refractivity contribution in [1.82, 2.24) is 0 Å². The first-order valence-corrected chi connectivity index (χ1v) is 7.17. The molecule has 0 saturated heterocycles. The van der Waals surface area contributed by atoms with Crippen LogP contribution < -0.4 is 0 Å². The number of aliphatic hydroxyl groups is 1. The SMILES string of the molecule is CCC(O)(Cc1c(F)ccc(Br)c1F)c1ccccc1. The van der Waals surface area contributed by atoms with E-state index in [4.69, 9.17) is 0 Å². The molecule has 2 aromatic carbocycles. The Morgan fingerprint density at radius 3 is 2.35 bits per heavy atom. The van der Waals surface area contributed by atoms with Crippen molar-refractivity contribution >= 4 is 15.9 Å². The molecule has 2 aromatic rings. The van der Waals surface area contributed by atoms with Crippen LogP contribution in [0.2, 0.25) is 0 Å². The van der Waals surface area contributed by atoms with Crippen molar-refractivity contribution in [2.45, 2.75) is 25.4 Å². The van der Waals surface area contributed by atoms with Crippen molar-refractivity contribution in [3.05, 3.63) is 69.7 Å². The molecule has 0 heterocycles. The van der Waals surface area contributed by atoms with E-state index in [1.165, 1.54) is 12.1 Å². The van der Waals surface area contributed by atoms with Crippen LogP contribution in [0.15, 0.2) is 46.9 Å². The van der Waals surface area contributed by atoms with E-state index in [-0.39, 0.29) is 16.5 Å². The van der Waals surface area contributed by atoms with Gasteiger partial charge in [-0.25, -0.2) is 8.78 Å². The summed E-state index contributed by atoms with van der Waals surface area (Å²) in [4.78, 5) is 0. The second kappa shape index (κ2) is 6.02. The standard InChI is InChI=1S/C16H15BrF2O/c1-2-16(20,11-6-4-3-5-7-11)10-12-14(18)9-8-13(17)15(12)19/h3-9,20H,2,10H2,1H3. The van der Waals surface area contributed by atoms with Gasteiger partial charge in [0.15, 0.2) is 0 Å². The topological polar surface area (TPSA) is 20.2 Å². The molecule has 0 aliphatic rings. The molecule has 0 bridgehead atoms. The summed E-state index contributed by atoms with van der Waals surface area (Å²) in [7, 11) is 0. The molecule has 0 radical (unpaired) electrons. The fourth-order valence-corrected chi connectivity index (χ4v) is 2.57. The summed E-state index contributed by atoms with van der Waals surface area (Å²) in [6.07, 6.45) is 0.257. The van der Waals surface area contributed by atoms with Gasteiger partial charge in [-0.05, 0) is 40.0 Å². The van der Waals surface area contributed by atoms with E-state index < -0.39 is 17.2 Å². The monoisotopic (exact) mass is 340 g/mol. The first kappa shape index (κ1) is 15.1. The van der Waals surface area contributed by atoms with Crippen molar-refractivity contribution < 1.29 is 13.9 Å². The highest BCUT2D eigenvalue weighted by Crippen LogP contribution is 2.32. The van der Waals surface area contributed by atoms with E-state index in [1.807, 2.05) is 6.07 Å². The number of benzene rings is 2. The lowest BCUT2D eigenvalue weighted by Gasteiger charge is -2.28. The summed E-state index contributed by atoms with van der Waals surface area (Å²) >= 11 is 3.04. The van der Waals surface area contributed by atoms with Crippen molar-refractivity contribution in [1.29, 1.82) is 0 Å². The number of halogens is 3. The summed E-state index contributed by atoms with van der Waals surface area (Å²) in [5, 5.41) is 10.7. The number of hydrogen-bond donors (Lipinski definition) is 1. The Morgan fingerprint density at radius 1 is 1.10 bits per heavy atom. The third kappa shape index (κ3) is 2.91. The average Bonchev–Trinajstić information content (AvgIpc) is 2.48. The molecule has 0 fully saturated rings. The number of rotatable bonds is 4. The molecule has 4 heteroatoms. The summed E-state index contributed by atoms with van der Waals surface area (Å²) in [5.74, 6) is -1.30. The highest BCUT2D eigenvalue weighted by molar-refractivity contribution is 9.10. The van der Waals surface area contributed by atoms with Gasteiger partial charge in [0.1, 0.15) is 11.6 Å². The quantitative estimate of drug-likeness (QED) is 0.808. The minimum atomic E-state index is -1.29. The Hall–Kier alpha value is -1.26. The molecule has 20 heavy (non-hydrogen) atoms. The van der Waals surface area contributed by atoms with Gasteiger partial charge in [0.2, 0.25) is 0 Å². The van der Waals surface area contributed by atoms with Crippen LogP contribution in [-0.2, 0) is 12.0 Å². The maximum Gasteiger partial charge on any atom is 0.143 e. The maximum absolute atomic E-state index is 14.0. The largest absolute Gasteiger partial charge is 0.385 e. The molecule has 1 unspecified atom stereocenters. The van der Waals surface area contributed by atoms with Crippen LogP contribution in [0.4, 0.5) is 8.78 Å². The lowest BCUT2D eigenvalue weighted by atomic mass is 9.85. The van der Waals surface area contributed by atoms with E-state index in [0.29, 0.717) is 12.0 Å². The van der Waals surface area contributed by atoms with E-state index in [1.54, 1.807) is 31.2 Å². The molecule has 0 spiro atoms. The van der Waals surface area contributed by atoms with E-state index in [9.17, 15) is 13.9 Å². The van der Waals surface area contributed by atoms with Gasteiger partial charge in [0, 0.05) is 12.0 Å². The summed E-state index contributed by atoms with van der Waals surface area (Å²) in [5.41, 5.74) is -0.738. The third-order valence-electron chi connectivity index (χ3n) is 3.50. The van der Waals surface area contributed by atoms with Gasteiger partial charge in [-0.2, -0.15) is 0 Å². The van der Waals surface area contributed by atoms with E-state index in [2.05, 4.69) is 15.9 Å². The fraction of sp³-hybridized carbons (Fsp3) is 0.250. The highest BCUT2D eigenvalue weighted by atomic mass is 79.9. The lowest BCUT2D eigenvalue weighted by molar-refractivity contribution is 0.0309. The smallest absolute Gasteiger partial charge is 0.143 e. The van der Waals surface area contributed by atoms with Crippen molar-refractivity contribution in [2.75, 3.05) is 0 Å². The molecule has 0 saturated carbocycles. The van der Waals surface area contributed by atoms with Gasteiger partial charge >= 0.3 is 0 Å². The van der Waals surface area contributed by atoms with E-state index in [0.717, 1.165) is 0 Å². The zero-order valence-electron chi connectivity index (χ0n) is 11.0. The van der Waals surface area contributed by atoms with Gasteiger partial charge in [0.25, 0.3) is 0 Å². The molecular formula is C16H15BrF2O. The van der Waals surface area contributed by atoms with Crippen LogP contribution in [-0.4, -0.2) is 5.11 Å². The molecule has 1 atom stereocenters. The van der Waals surface area contributed by atoms with Crippen LogP contribution >= 0.6 is 15.9 Å². The lowest BCUT2D eigenvalue weighted by Crippen LogP contribution is -2.28. The Morgan fingerprint density at radius 2 is 1.75 bits per heavy atom. The molecule has 2 rings (SSSR count). The molecular weight excluding hydrogens is 326 g/mol.